The number of hydrogen-bond acceptors (Lipinski definition) is 4. The van der Waals surface area contributed by atoms with Crippen molar-refractivity contribution in [3.05, 3.63) is 53.6 Å². The largest absolute Gasteiger partial charge is 0.497 e. The predicted molar refractivity (Wildman–Crippen MR) is 104 cm³/mol. The van der Waals surface area contributed by atoms with E-state index in [9.17, 15) is 22.8 Å². The summed E-state index contributed by atoms with van der Waals surface area (Å²) in [6.45, 7) is 2.01. The fraction of sp³-hybridized carbons (Fsp3) is 0.333. The highest BCUT2D eigenvalue weighted by molar-refractivity contribution is 6.04. The van der Waals surface area contributed by atoms with Crippen LogP contribution < -0.4 is 14.4 Å². The van der Waals surface area contributed by atoms with E-state index in [2.05, 4.69) is 0 Å². The Kier molecular flexibility index (Phi) is 5.91. The summed E-state index contributed by atoms with van der Waals surface area (Å²) in [6, 6.07) is 8.24. The van der Waals surface area contributed by atoms with Crippen LogP contribution in [-0.2, 0) is 11.0 Å². The van der Waals surface area contributed by atoms with Gasteiger partial charge in [0.1, 0.15) is 17.5 Å². The number of amides is 2. The molecule has 30 heavy (non-hydrogen) atoms. The van der Waals surface area contributed by atoms with Crippen molar-refractivity contribution in [2.75, 3.05) is 32.2 Å². The fourth-order valence-electron chi connectivity index (χ4n) is 3.36. The van der Waals surface area contributed by atoms with Gasteiger partial charge in [-0.3, -0.25) is 9.59 Å². The highest BCUT2D eigenvalue weighted by Crippen LogP contribution is 2.34. The molecule has 0 bridgehead atoms. The average molecular weight is 422 g/mol. The lowest BCUT2D eigenvalue weighted by Crippen LogP contribution is -2.57. The molecule has 2 aromatic rings. The Morgan fingerprint density at radius 1 is 1.03 bits per heavy atom. The number of hydrogen-bond donors (Lipinski definition) is 0. The van der Waals surface area contributed by atoms with Gasteiger partial charge in [-0.15, -0.1) is 0 Å². The molecule has 0 N–H and O–H groups in total. The third-order valence-corrected chi connectivity index (χ3v) is 5.05. The smallest absolute Gasteiger partial charge is 0.416 e. The predicted octanol–water partition coefficient (Wildman–Crippen LogP) is 3.60. The van der Waals surface area contributed by atoms with Crippen LogP contribution in [0.5, 0.6) is 11.5 Å². The van der Waals surface area contributed by atoms with Crippen molar-refractivity contribution < 1.29 is 32.2 Å². The maximum Gasteiger partial charge on any atom is 0.416 e. The van der Waals surface area contributed by atoms with Gasteiger partial charge in [0.15, 0.2) is 0 Å². The molecular weight excluding hydrogens is 401 g/mol. The summed E-state index contributed by atoms with van der Waals surface area (Å²) in [5.74, 6) is 0.211. The molecule has 1 aliphatic heterocycles. The third kappa shape index (κ3) is 4.05. The van der Waals surface area contributed by atoms with Crippen molar-refractivity contribution in [1.29, 1.82) is 0 Å². The molecule has 0 aromatic heterocycles. The Labute approximate surface area is 171 Å². The zero-order valence-corrected chi connectivity index (χ0v) is 16.7. The Morgan fingerprint density at radius 3 is 2.27 bits per heavy atom. The highest BCUT2D eigenvalue weighted by atomic mass is 19.4. The van der Waals surface area contributed by atoms with Gasteiger partial charge in [0, 0.05) is 24.7 Å². The maximum absolute atomic E-state index is 13.0. The van der Waals surface area contributed by atoms with Gasteiger partial charge in [0.05, 0.1) is 25.5 Å². The molecule has 160 valence electrons. The van der Waals surface area contributed by atoms with Crippen LogP contribution in [0.3, 0.4) is 0 Å². The van der Waals surface area contributed by atoms with E-state index in [-0.39, 0.29) is 24.6 Å². The van der Waals surface area contributed by atoms with Crippen LogP contribution in [0.1, 0.15) is 22.8 Å². The summed E-state index contributed by atoms with van der Waals surface area (Å²) in [7, 11) is 3.00. The van der Waals surface area contributed by atoms with Crippen molar-refractivity contribution >= 4 is 17.5 Å². The number of rotatable bonds is 4. The Morgan fingerprint density at radius 2 is 1.70 bits per heavy atom. The SMILES string of the molecule is COc1ccc(OC)c(N2CCN(C(=O)c3ccc(C(F)(F)F)cc3)C(C)C2=O)c1. The van der Waals surface area contributed by atoms with E-state index in [0.29, 0.717) is 17.2 Å². The molecule has 0 radical (unpaired) electrons. The Balaban J connectivity index is 1.81. The van der Waals surface area contributed by atoms with Crippen LogP contribution in [0.25, 0.3) is 0 Å². The standard InChI is InChI=1S/C21H21F3N2O4/c1-13-19(27)26(17-12-16(29-2)8-9-18(17)30-3)11-10-25(13)20(28)14-4-6-15(7-5-14)21(22,23)24/h4-9,12-13H,10-11H2,1-3H3. The molecule has 1 heterocycles. The summed E-state index contributed by atoms with van der Waals surface area (Å²) in [4.78, 5) is 28.7. The average Bonchev–Trinajstić information content (AvgIpc) is 2.74. The number of methoxy groups -OCH3 is 2. The van der Waals surface area contributed by atoms with Crippen molar-refractivity contribution in [2.45, 2.75) is 19.1 Å². The molecule has 1 aliphatic rings. The molecule has 0 spiro atoms. The van der Waals surface area contributed by atoms with Crippen LogP contribution in [-0.4, -0.2) is 50.1 Å². The second-order valence-electron chi connectivity index (χ2n) is 6.78. The lowest BCUT2D eigenvalue weighted by atomic mass is 10.1. The van der Waals surface area contributed by atoms with Gasteiger partial charge in [-0.25, -0.2) is 0 Å². The topological polar surface area (TPSA) is 59.1 Å². The van der Waals surface area contributed by atoms with Crippen molar-refractivity contribution in [2.24, 2.45) is 0 Å². The first-order valence-corrected chi connectivity index (χ1v) is 9.19. The maximum atomic E-state index is 13.0. The van der Waals surface area contributed by atoms with E-state index < -0.39 is 23.7 Å². The van der Waals surface area contributed by atoms with E-state index in [1.54, 1.807) is 25.1 Å². The number of carbonyl (C=O) groups is 2. The number of alkyl halides is 3. The Bertz CT molecular complexity index is 944. The molecule has 1 saturated heterocycles. The summed E-state index contributed by atoms with van der Waals surface area (Å²) >= 11 is 0. The first-order valence-electron chi connectivity index (χ1n) is 9.19. The van der Waals surface area contributed by atoms with Crippen molar-refractivity contribution in [3.63, 3.8) is 0 Å². The highest BCUT2D eigenvalue weighted by Gasteiger charge is 2.37. The summed E-state index contributed by atoms with van der Waals surface area (Å²) in [5.41, 5.74) is -0.219. The van der Waals surface area contributed by atoms with Crippen molar-refractivity contribution in [3.8, 4) is 11.5 Å². The number of halogens is 3. The molecule has 2 aromatic carbocycles. The summed E-state index contributed by atoms with van der Waals surface area (Å²) < 4.78 is 48.8. The van der Waals surface area contributed by atoms with E-state index in [1.165, 1.54) is 24.0 Å². The molecule has 3 rings (SSSR count). The first kappa shape index (κ1) is 21.5. The van der Waals surface area contributed by atoms with E-state index in [0.717, 1.165) is 24.3 Å². The van der Waals surface area contributed by atoms with Crippen LogP contribution in [0, 0.1) is 0 Å². The van der Waals surface area contributed by atoms with Crippen LogP contribution >= 0.6 is 0 Å². The minimum atomic E-state index is -4.48. The monoisotopic (exact) mass is 422 g/mol. The van der Waals surface area contributed by atoms with Crippen LogP contribution in [0.4, 0.5) is 18.9 Å². The second-order valence-corrected chi connectivity index (χ2v) is 6.78. The minimum Gasteiger partial charge on any atom is -0.497 e. The molecule has 0 aliphatic carbocycles. The van der Waals surface area contributed by atoms with Gasteiger partial charge in [0.25, 0.3) is 5.91 Å². The zero-order valence-electron chi connectivity index (χ0n) is 16.7. The van der Waals surface area contributed by atoms with Crippen LogP contribution in [0.15, 0.2) is 42.5 Å². The number of nitrogens with zero attached hydrogens (tertiary/aromatic N) is 2. The number of anilines is 1. The summed E-state index contributed by atoms with van der Waals surface area (Å²) in [5, 5.41) is 0. The molecule has 9 heteroatoms. The summed E-state index contributed by atoms with van der Waals surface area (Å²) in [6.07, 6.45) is -4.48. The number of carbonyl (C=O) groups excluding carboxylic acids is 2. The van der Waals surface area contributed by atoms with Gasteiger partial charge in [-0.1, -0.05) is 0 Å². The van der Waals surface area contributed by atoms with E-state index >= 15 is 0 Å². The minimum absolute atomic E-state index is 0.0926. The quantitative estimate of drug-likeness (QED) is 0.756. The molecule has 2 amide bonds. The zero-order chi connectivity index (χ0) is 22.1. The molecule has 6 nitrogen and oxygen atoms in total. The van der Waals surface area contributed by atoms with Gasteiger partial charge in [-0.2, -0.15) is 13.2 Å². The normalized spacial score (nSPS) is 17.1. The van der Waals surface area contributed by atoms with E-state index in [1.807, 2.05) is 0 Å². The van der Waals surface area contributed by atoms with Gasteiger partial charge in [-0.05, 0) is 43.3 Å². The first-order chi connectivity index (χ1) is 14.2. The molecule has 1 fully saturated rings. The number of piperazine rings is 1. The second kappa shape index (κ2) is 8.25. The molecule has 0 saturated carbocycles. The number of benzene rings is 2. The molecule has 1 atom stereocenters. The number of ether oxygens (including phenoxy) is 2. The Hall–Kier alpha value is -3.23. The van der Waals surface area contributed by atoms with E-state index in [4.69, 9.17) is 9.47 Å². The van der Waals surface area contributed by atoms with Gasteiger partial charge < -0.3 is 19.3 Å². The fourth-order valence-corrected chi connectivity index (χ4v) is 3.36. The third-order valence-electron chi connectivity index (χ3n) is 5.05. The van der Waals surface area contributed by atoms with Gasteiger partial charge >= 0.3 is 6.18 Å². The lowest BCUT2D eigenvalue weighted by Gasteiger charge is -2.39. The van der Waals surface area contributed by atoms with Crippen LogP contribution in [0.2, 0.25) is 0 Å². The molecule has 1 unspecified atom stereocenters. The molecular formula is C21H21F3N2O4. The lowest BCUT2D eigenvalue weighted by molar-refractivity contribution is -0.137. The van der Waals surface area contributed by atoms with Crippen molar-refractivity contribution in [1.82, 2.24) is 4.90 Å². The van der Waals surface area contributed by atoms with Gasteiger partial charge in [0.2, 0.25) is 5.91 Å².